The van der Waals surface area contributed by atoms with E-state index in [4.69, 9.17) is 4.74 Å². The lowest BCUT2D eigenvalue weighted by molar-refractivity contribution is -0.120. The molecule has 5 nitrogen and oxygen atoms in total. The summed E-state index contributed by atoms with van der Waals surface area (Å²) in [4.78, 5) is 11.3. The van der Waals surface area contributed by atoms with Gasteiger partial charge in [0.1, 0.15) is 11.6 Å². The van der Waals surface area contributed by atoms with Gasteiger partial charge in [0.2, 0.25) is 5.13 Å². The van der Waals surface area contributed by atoms with Crippen LogP contribution in [0.4, 0.5) is 5.13 Å². The van der Waals surface area contributed by atoms with E-state index in [9.17, 15) is 4.79 Å². The first-order chi connectivity index (χ1) is 7.43. The van der Waals surface area contributed by atoms with Crippen LogP contribution in [0.3, 0.4) is 0 Å². The van der Waals surface area contributed by atoms with E-state index in [1.165, 1.54) is 11.3 Å². The first-order valence-electron chi connectivity index (χ1n) is 5.15. The van der Waals surface area contributed by atoms with Crippen molar-refractivity contribution in [1.29, 1.82) is 0 Å². The van der Waals surface area contributed by atoms with Gasteiger partial charge >= 0.3 is 0 Å². The van der Waals surface area contributed by atoms with Crippen LogP contribution < -0.4 is 5.32 Å². The Kier molecular flexibility index (Phi) is 4.37. The van der Waals surface area contributed by atoms with Gasteiger partial charge in [-0.25, -0.2) is 0 Å². The number of amides is 1. The van der Waals surface area contributed by atoms with Crippen molar-refractivity contribution in [2.24, 2.45) is 0 Å². The number of carbonyl (C=O) groups is 1. The standard InChI is InChI=1S/C10H17N3O2S/c1-5-15-6-7(14)11-9-13-12-8(16-9)10(2,3)4/h5-6H2,1-4H3,(H,11,13,14). The highest BCUT2D eigenvalue weighted by molar-refractivity contribution is 7.15. The molecular formula is C10H17N3O2S. The van der Waals surface area contributed by atoms with Gasteiger partial charge in [-0.05, 0) is 6.92 Å². The van der Waals surface area contributed by atoms with Crippen LogP contribution in [0.2, 0.25) is 0 Å². The highest BCUT2D eigenvalue weighted by atomic mass is 32.1. The van der Waals surface area contributed by atoms with Crippen molar-refractivity contribution >= 4 is 22.4 Å². The minimum atomic E-state index is -0.196. The normalized spacial score (nSPS) is 11.5. The lowest BCUT2D eigenvalue weighted by Crippen LogP contribution is -2.18. The van der Waals surface area contributed by atoms with E-state index in [2.05, 4.69) is 36.3 Å². The first-order valence-corrected chi connectivity index (χ1v) is 5.96. The number of hydrogen-bond donors (Lipinski definition) is 1. The average Bonchev–Trinajstić information content (AvgIpc) is 2.62. The third kappa shape index (κ3) is 3.86. The Morgan fingerprint density at radius 1 is 1.44 bits per heavy atom. The van der Waals surface area contributed by atoms with Crippen molar-refractivity contribution in [3.63, 3.8) is 0 Å². The molecule has 0 unspecified atom stereocenters. The minimum absolute atomic E-state index is 0.0411. The number of carbonyl (C=O) groups excluding carboxylic acids is 1. The predicted molar refractivity (Wildman–Crippen MR) is 63.7 cm³/mol. The summed E-state index contributed by atoms with van der Waals surface area (Å²) in [6.45, 7) is 8.59. The second-order valence-corrected chi connectivity index (χ2v) is 5.33. The molecule has 0 aliphatic heterocycles. The third-order valence-electron chi connectivity index (χ3n) is 1.75. The molecule has 0 aromatic carbocycles. The maximum absolute atomic E-state index is 11.3. The number of nitrogens with zero attached hydrogens (tertiary/aromatic N) is 2. The summed E-state index contributed by atoms with van der Waals surface area (Å²) in [6.07, 6.45) is 0. The number of nitrogens with one attached hydrogen (secondary N) is 1. The Labute approximate surface area is 99.2 Å². The van der Waals surface area contributed by atoms with Crippen molar-refractivity contribution in [3.05, 3.63) is 5.01 Å². The number of aromatic nitrogens is 2. The van der Waals surface area contributed by atoms with Crippen LogP contribution in [0.5, 0.6) is 0 Å². The SMILES string of the molecule is CCOCC(=O)Nc1nnc(C(C)(C)C)s1. The maximum Gasteiger partial charge on any atom is 0.252 e. The third-order valence-corrected chi connectivity index (χ3v) is 3.01. The van der Waals surface area contributed by atoms with E-state index in [0.29, 0.717) is 11.7 Å². The van der Waals surface area contributed by atoms with Gasteiger partial charge < -0.3 is 4.74 Å². The van der Waals surface area contributed by atoms with E-state index in [0.717, 1.165) is 5.01 Å². The molecule has 6 heteroatoms. The molecule has 1 rings (SSSR count). The molecule has 1 heterocycles. The molecule has 0 saturated carbocycles. The van der Waals surface area contributed by atoms with Gasteiger partial charge in [-0.3, -0.25) is 10.1 Å². The lowest BCUT2D eigenvalue weighted by Gasteiger charge is -2.12. The van der Waals surface area contributed by atoms with Gasteiger partial charge in [0.05, 0.1) is 0 Å². The van der Waals surface area contributed by atoms with Crippen molar-refractivity contribution in [2.45, 2.75) is 33.1 Å². The van der Waals surface area contributed by atoms with Gasteiger partial charge in [0.15, 0.2) is 0 Å². The van der Waals surface area contributed by atoms with Crippen molar-refractivity contribution < 1.29 is 9.53 Å². The number of ether oxygens (including phenoxy) is 1. The molecule has 0 spiro atoms. The Balaban J connectivity index is 2.56. The fourth-order valence-corrected chi connectivity index (χ4v) is 1.74. The molecule has 1 aromatic heterocycles. The van der Waals surface area contributed by atoms with Gasteiger partial charge in [-0.15, -0.1) is 10.2 Å². The van der Waals surface area contributed by atoms with Gasteiger partial charge in [0, 0.05) is 12.0 Å². The molecule has 0 fully saturated rings. The largest absolute Gasteiger partial charge is 0.372 e. The fourth-order valence-electron chi connectivity index (χ4n) is 0.927. The van der Waals surface area contributed by atoms with Crippen LogP contribution >= 0.6 is 11.3 Å². The van der Waals surface area contributed by atoms with E-state index in [1.54, 1.807) is 0 Å². The monoisotopic (exact) mass is 243 g/mol. The van der Waals surface area contributed by atoms with Crippen molar-refractivity contribution in [2.75, 3.05) is 18.5 Å². The van der Waals surface area contributed by atoms with E-state index >= 15 is 0 Å². The first kappa shape index (κ1) is 13.1. The number of anilines is 1. The second-order valence-electron chi connectivity index (χ2n) is 4.35. The summed E-state index contributed by atoms with van der Waals surface area (Å²) in [6, 6.07) is 0. The Morgan fingerprint density at radius 3 is 2.62 bits per heavy atom. The van der Waals surface area contributed by atoms with Crippen LogP contribution in [-0.2, 0) is 14.9 Å². The quantitative estimate of drug-likeness (QED) is 0.876. The summed E-state index contributed by atoms with van der Waals surface area (Å²) >= 11 is 1.39. The number of rotatable bonds is 4. The molecule has 0 atom stereocenters. The molecule has 0 aliphatic carbocycles. The molecule has 90 valence electrons. The summed E-state index contributed by atoms with van der Waals surface area (Å²) in [5.74, 6) is -0.196. The van der Waals surface area contributed by atoms with E-state index in [1.807, 2.05) is 6.92 Å². The van der Waals surface area contributed by atoms with E-state index in [-0.39, 0.29) is 17.9 Å². The zero-order valence-electron chi connectivity index (χ0n) is 10.0. The van der Waals surface area contributed by atoms with Crippen molar-refractivity contribution in [3.8, 4) is 0 Å². The highest BCUT2D eigenvalue weighted by Gasteiger charge is 2.19. The van der Waals surface area contributed by atoms with Gasteiger partial charge in [0.25, 0.3) is 5.91 Å². The Bertz CT molecular complexity index is 357. The van der Waals surface area contributed by atoms with Gasteiger partial charge in [-0.2, -0.15) is 0 Å². The summed E-state index contributed by atoms with van der Waals surface area (Å²) in [5, 5.41) is 12.0. The fraction of sp³-hybridized carbons (Fsp3) is 0.700. The molecule has 0 saturated heterocycles. The van der Waals surface area contributed by atoms with Crippen LogP contribution in [0.1, 0.15) is 32.7 Å². The zero-order chi connectivity index (χ0) is 12.2. The molecular weight excluding hydrogens is 226 g/mol. The highest BCUT2D eigenvalue weighted by Crippen LogP contribution is 2.27. The van der Waals surface area contributed by atoms with Crippen molar-refractivity contribution in [1.82, 2.24) is 10.2 Å². The lowest BCUT2D eigenvalue weighted by atomic mass is 9.98. The molecule has 1 aromatic rings. The Morgan fingerprint density at radius 2 is 2.12 bits per heavy atom. The van der Waals surface area contributed by atoms with Crippen LogP contribution in [0, 0.1) is 0 Å². The summed E-state index contributed by atoms with van der Waals surface area (Å²) in [7, 11) is 0. The summed E-state index contributed by atoms with van der Waals surface area (Å²) < 4.78 is 4.99. The van der Waals surface area contributed by atoms with Crippen LogP contribution in [-0.4, -0.2) is 29.3 Å². The Hall–Kier alpha value is -1.01. The number of hydrogen-bond acceptors (Lipinski definition) is 5. The molecule has 0 aliphatic rings. The molecule has 0 radical (unpaired) electrons. The average molecular weight is 243 g/mol. The molecule has 0 bridgehead atoms. The minimum Gasteiger partial charge on any atom is -0.372 e. The zero-order valence-corrected chi connectivity index (χ0v) is 10.8. The molecule has 1 amide bonds. The molecule has 16 heavy (non-hydrogen) atoms. The topological polar surface area (TPSA) is 64.1 Å². The predicted octanol–water partition coefficient (Wildman–Crippen LogP) is 1.81. The van der Waals surface area contributed by atoms with Gasteiger partial charge in [-0.1, -0.05) is 32.1 Å². The molecule has 1 N–H and O–H groups in total. The second kappa shape index (κ2) is 5.36. The maximum atomic E-state index is 11.3. The summed E-state index contributed by atoms with van der Waals surface area (Å²) in [5.41, 5.74) is -0.0411. The van der Waals surface area contributed by atoms with Crippen LogP contribution in [0.15, 0.2) is 0 Å². The van der Waals surface area contributed by atoms with E-state index < -0.39 is 0 Å². The van der Waals surface area contributed by atoms with Crippen LogP contribution in [0.25, 0.3) is 0 Å². The smallest absolute Gasteiger partial charge is 0.252 e.